The Hall–Kier alpha value is -2.18. The second-order valence-electron chi connectivity index (χ2n) is 5.92. The highest BCUT2D eigenvalue weighted by Gasteiger charge is 2.18. The summed E-state index contributed by atoms with van der Waals surface area (Å²) >= 11 is 0. The maximum absolute atomic E-state index is 12.5. The fourth-order valence-electron chi connectivity index (χ4n) is 2.37. The first-order chi connectivity index (χ1) is 11.9. The number of carbonyl (C=O) groups is 1. The van der Waals surface area contributed by atoms with Crippen LogP contribution in [0.2, 0.25) is 0 Å². The van der Waals surface area contributed by atoms with Crippen molar-refractivity contribution in [3.05, 3.63) is 59.7 Å². The van der Waals surface area contributed by atoms with E-state index < -0.39 is 10.0 Å². The summed E-state index contributed by atoms with van der Waals surface area (Å²) < 4.78 is 27.4. The lowest BCUT2D eigenvalue weighted by atomic mass is 10.1. The van der Waals surface area contributed by atoms with Crippen molar-refractivity contribution in [3.8, 4) is 0 Å². The SMILES string of the molecule is CCc1ccccc1NC(=O)c1cccc(S(=O)(=O)NC(C)CC)c1. The zero-order valence-electron chi connectivity index (χ0n) is 14.7. The minimum absolute atomic E-state index is 0.0872. The van der Waals surface area contributed by atoms with Crippen LogP contribution in [0.3, 0.4) is 0 Å². The molecule has 2 rings (SSSR count). The first kappa shape index (κ1) is 19.1. The number of hydrogen-bond acceptors (Lipinski definition) is 3. The number of amides is 1. The molecule has 0 radical (unpaired) electrons. The average molecular weight is 360 g/mol. The Balaban J connectivity index is 2.25. The summed E-state index contributed by atoms with van der Waals surface area (Å²) in [5.74, 6) is -0.332. The number of benzene rings is 2. The van der Waals surface area contributed by atoms with Crippen molar-refractivity contribution < 1.29 is 13.2 Å². The molecule has 1 atom stereocenters. The predicted molar refractivity (Wildman–Crippen MR) is 100 cm³/mol. The van der Waals surface area contributed by atoms with Crippen LogP contribution in [-0.2, 0) is 16.4 Å². The van der Waals surface area contributed by atoms with E-state index in [1.807, 2.05) is 38.1 Å². The van der Waals surface area contributed by atoms with Crippen molar-refractivity contribution in [1.82, 2.24) is 4.72 Å². The van der Waals surface area contributed by atoms with Crippen LogP contribution in [0.5, 0.6) is 0 Å². The molecule has 0 aliphatic heterocycles. The van der Waals surface area contributed by atoms with Crippen LogP contribution in [0.1, 0.15) is 43.1 Å². The molecule has 6 heteroatoms. The molecule has 0 saturated heterocycles. The van der Waals surface area contributed by atoms with Crippen LogP contribution >= 0.6 is 0 Å². The van der Waals surface area contributed by atoms with Gasteiger partial charge in [0.2, 0.25) is 10.0 Å². The number of nitrogens with one attached hydrogen (secondary N) is 2. The fourth-order valence-corrected chi connectivity index (χ4v) is 3.74. The van der Waals surface area contributed by atoms with E-state index in [0.717, 1.165) is 17.7 Å². The zero-order valence-corrected chi connectivity index (χ0v) is 15.6. The second-order valence-corrected chi connectivity index (χ2v) is 7.64. The van der Waals surface area contributed by atoms with Crippen LogP contribution < -0.4 is 10.0 Å². The van der Waals surface area contributed by atoms with Gasteiger partial charge in [0.25, 0.3) is 5.91 Å². The summed E-state index contributed by atoms with van der Waals surface area (Å²) in [5.41, 5.74) is 2.07. The molecule has 5 nitrogen and oxygen atoms in total. The number of rotatable bonds is 7. The van der Waals surface area contributed by atoms with Crippen LogP contribution in [0.15, 0.2) is 53.4 Å². The number of para-hydroxylation sites is 1. The largest absolute Gasteiger partial charge is 0.322 e. The van der Waals surface area contributed by atoms with Crippen LogP contribution in [0.4, 0.5) is 5.69 Å². The third-order valence-electron chi connectivity index (χ3n) is 4.02. The van der Waals surface area contributed by atoms with Crippen LogP contribution in [0, 0.1) is 0 Å². The third-order valence-corrected chi connectivity index (χ3v) is 5.61. The Morgan fingerprint density at radius 2 is 1.80 bits per heavy atom. The standard InChI is InChI=1S/C19H24N2O3S/c1-4-14(3)21-25(23,24)17-11-8-10-16(13-17)19(22)20-18-12-7-6-9-15(18)5-2/h6-14,21H,4-5H2,1-3H3,(H,20,22). The summed E-state index contributed by atoms with van der Waals surface area (Å²) in [5, 5.41) is 2.85. The van der Waals surface area contributed by atoms with E-state index >= 15 is 0 Å². The van der Waals surface area contributed by atoms with Gasteiger partial charge in [0, 0.05) is 17.3 Å². The van der Waals surface area contributed by atoms with Gasteiger partial charge < -0.3 is 5.32 Å². The van der Waals surface area contributed by atoms with Crippen molar-refractivity contribution in [3.63, 3.8) is 0 Å². The van der Waals surface area contributed by atoms with Gasteiger partial charge in [-0.3, -0.25) is 4.79 Å². The molecule has 25 heavy (non-hydrogen) atoms. The summed E-state index contributed by atoms with van der Waals surface area (Å²) in [6.45, 7) is 5.72. The lowest BCUT2D eigenvalue weighted by molar-refractivity contribution is 0.102. The molecule has 2 N–H and O–H groups in total. The van der Waals surface area contributed by atoms with Crippen LogP contribution in [0.25, 0.3) is 0 Å². The van der Waals surface area contributed by atoms with Gasteiger partial charge >= 0.3 is 0 Å². The van der Waals surface area contributed by atoms with Gasteiger partial charge in [-0.05, 0) is 49.6 Å². The van der Waals surface area contributed by atoms with Gasteiger partial charge in [-0.25, -0.2) is 13.1 Å². The molecule has 0 aliphatic carbocycles. The summed E-state index contributed by atoms with van der Waals surface area (Å²) in [7, 11) is -3.64. The molecular formula is C19H24N2O3S. The molecule has 0 spiro atoms. The Labute approximate surface area is 149 Å². The fraction of sp³-hybridized carbons (Fsp3) is 0.316. The summed E-state index contributed by atoms with van der Waals surface area (Å²) in [6.07, 6.45) is 1.48. The van der Waals surface area contributed by atoms with Gasteiger partial charge in [0.05, 0.1) is 4.90 Å². The van der Waals surface area contributed by atoms with E-state index in [4.69, 9.17) is 0 Å². The first-order valence-corrected chi connectivity index (χ1v) is 9.87. The number of anilines is 1. The minimum Gasteiger partial charge on any atom is -0.322 e. The molecule has 2 aromatic carbocycles. The maximum atomic E-state index is 12.5. The average Bonchev–Trinajstić information content (AvgIpc) is 2.61. The second kappa shape index (κ2) is 8.27. The van der Waals surface area contributed by atoms with Gasteiger partial charge in [-0.1, -0.05) is 38.1 Å². The lowest BCUT2D eigenvalue weighted by Gasteiger charge is -2.13. The van der Waals surface area contributed by atoms with Crippen molar-refractivity contribution >= 4 is 21.6 Å². The molecule has 0 saturated carbocycles. The summed E-state index contributed by atoms with van der Waals surface area (Å²) in [6, 6.07) is 13.5. The Kier molecular flexibility index (Phi) is 6.33. The quantitative estimate of drug-likeness (QED) is 0.792. The van der Waals surface area contributed by atoms with Gasteiger partial charge in [0.15, 0.2) is 0 Å². The van der Waals surface area contributed by atoms with E-state index in [1.165, 1.54) is 12.1 Å². The maximum Gasteiger partial charge on any atom is 0.255 e. The molecule has 1 unspecified atom stereocenters. The molecule has 134 valence electrons. The smallest absolute Gasteiger partial charge is 0.255 e. The number of sulfonamides is 1. The monoisotopic (exact) mass is 360 g/mol. The minimum atomic E-state index is -3.64. The molecule has 0 aromatic heterocycles. The molecule has 0 heterocycles. The third kappa shape index (κ3) is 4.90. The Morgan fingerprint density at radius 3 is 2.48 bits per heavy atom. The van der Waals surface area contributed by atoms with Crippen molar-refractivity contribution in [2.24, 2.45) is 0 Å². The van der Waals surface area contributed by atoms with E-state index in [-0.39, 0.29) is 16.8 Å². The molecule has 0 bridgehead atoms. The predicted octanol–water partition coefficient (Wildman–Crippen LogP) is 3.58. The number of carbonyl (C=O) groups excluding carboxylic acids is 1. The highest BCUT2D eigenvalue weighted by Crippen LogP contribution is 2.18. The molecule has 0 aliphatic rings. The van der Waals surface area contributed by atoms with E-state index in [1.54, 1.807) is 19.1 Å². The molecular weight excluding hydrogens is 336 g/mol. The van der Waals surface area contributed by atoms with Gasteiger partial charge in [-0.15, -0.1) is 0 Å². The van der Waals surface area contributed by atoms with Crippen molar-refractivity contribution in [2.45, 2.75) is 44.6 Å². The van der Waals surface area contributed by atoms with Gasteiger partial charge in [0.1, 0.15) is 0 Å². The number of hydrogen-bond donors (Lipinski definition) is 2. The molecule has 0 fully saturated rings. The highest BCUT2D eigenvalue weighted by atomic mass is 32.2. The van der Waals surface area contributed by atoms with Crippen molar-refractivity contribution in [2.75, 3.05) is 5.32 Å². The zero-order chi connectivity index (χ0) is 18.4. The summed E-state index contributed by atoms with van der Waals surface area (Å²) in [4.78, 5) is 12.6. The number of aryl methyl sites for hydroxylation is 1. The highest BCUT2D eigenvalue weighted by molar-refractivity contribution is 7.89. The Morgan fingerprint density at radius 1 is 1.08 bits per heavy atom. The van der Waals surface area contributed by atoms with E-state index in [0.29, 0.717) is 12.0 Å². The topological polar surface area (TPSA) is 75.3 Å². The van der Waals surface area contributed by atoms with Crippen molar-refractivity contribution in [1.29, 1.82) is 0 Å². The molecule has 1 amide bonds. The van der Waals surface area contributed by atoms with E-state index in [9.17, 15) is 13.2 Å². The van der Waals surface area contributed by atoms with E-state index in [2.05, 4.69) is 10.0 Å². The lowest BCUT2D eigenvalue weighted by Crippen LogP contribution is -2.32. The van der Waals surface area contributed by atoms with Crippen LogP contribution in [-0.4, -0.2) is 20.4 Å². The Bertz CT molecular complexity index is 847. The first-order valence-electron chi connectivity index (χ1n) is 8.39. The normalized spacial score (nSPS) is 12.6. The van der Waals surface area contributed by atoms with Gasteiger partial charge in [-0.2, -0.15) is 0 Å². The molecule has 2 aromatic rings.